The molecule has 6 nitrogen and oxygen atoms in total. The molecule has 2 aromatic heterocycles. The molecule has 0 unspecified atom stereocenters. The predicted octanol–water partition coefficient (Wildman–Crippen LogP) is 0.0874. The highest BCUT2D eigenvalue weighted by Gasteiger charge is 2.10. The Hall–Kier alpha value is -2.65. The number of rotatable bonds is 4. The molecule has 0 saturated heterocycles. The van der Waals surface area contributed by atoms with E-state index in [0.717, 1.165) is 5.69 Å². The molecule has 4 N–H and O–H groups in total. The van der Waals surface area contributed by atoms with Gasteiger partial charge in [0, 0.05) is 31.1 Å². The van der Waals surface area contributed by atoms with Crippen molar-refractivity contribution in [3.05, 3.63) is 47.8 Å². The van der Waals surface area contributed by atoms with E-state index in [9.17, 15) is 4.79 Å². The molecule has 0 aliphatic carbocycles. The van der Waals surface area contributed by atoms with Gasteiger partial charge in [0.25, 0.3) is 5.91 Å². The summed E-state index contributed by atoms with van der Waals surface area (Å²) in [5.41, 5.74) is 7.20. The van der Waals surface area contributed by atoms with Gasteiger partial charge in [0.1, 0.15) is 5.69 Å². The minimum absolute atomic E-state index is 0.244. The quantitative estimate of drug-likeness (QED) is 0.685. The third kappa shape index (κ3) is 3.67. The highest BCUT2D eigenvalue weighted by molar-refractivity contribution is 5.94. The first-order chi connectivity index (χ1) is 9.81. The molecule has 0 atom stereocenters. The molecule has 0 radical (unpaired) electrons. The summed E-state index contributed by atoms with van der Waals surface area (Å²) in [4.78, 5) is 23.0. The van der Waals surface area contributed by atoms with Crippen LogP contribution in [0.2, 0.25) is 0 Å². The number of imidazole rings is 1. The van der Waals surface area contributed by atoms with Crippen molar-refractivity contribution in [1.82, 2.24) is 20.3 Å². The van der Waals surface area contributed by atoms with E-state index in [1.54, 1.807) is 30.9 Å². The van der Waals surface area contributed by atoms with Gasteiger partial charge in [0.2, 0.25) is 0 Å². The minimum atomic E-state index is -0.244. The summed E-state index contributed by atoms with van der Waals surface area (Å²) in [5, 5.41) is 2.81. The monoisotopic (exact) mass is 269 g/mol. The summed E-state index contributed by atoms with van der Waals surface area (Å²) in [6.07, 6.45) is 5.58. The molecule has 2 heterocycles. The number of aromatic nitrogens is 3. The molecule has 2 aromatic rings. The van der Waals surface area contributed by atoms with Crippen LogP contribution in [0.4, 0.5) is 0 Å². The molecule has 6 heteroatoms. The Morgan fingerprint density at radius 3 is 3.15 bits per heavy atom. The molecular weight excluding hydrogens is 254 g/mol. The van der Waals surface area contributed by atoms with E-state index in [1.807, 2.05) is 0 Å². The van der Waals surface area contributed by atoms with Gasteiger partial charge in [0.05, 0.1) is 18.4 Å². The molecule has 1 amide bonds. The molecule has 0 bridgehead atoms. The molecule has 20 heavy (non-hydrogen) atoms. The van der Waals surface area contributed by atoms with Gasteiger partial charge < -0.3 is 16.0 Å². The van der Waals surface area contributed by atoms with Gasteiger partial charge in [-0.2, -0.15) is 0 Å². The number of nitrogens with zero attached hydrogens (tertiary/aromatic N) is 2. The standard InChI is InChI=1S/C14H15N5O/c15-6-1-3-11-4-2-7-17-13(11)14(20)18-8-5-12-9-16-10-19-12/h2,4,7,9-10H,5-6,8,15H2,(H,16,19)(H,18,20). The number of aromatic amines is 1. The lowest BCUT2D eigenvalue weighted by Gasteiger charge is -2.05. The van der Waals surface area contributed by atoms with E-state index >= 15 is 0 Å². The molecule has 0 fully saturated rings. The van der Waals surface area contributed by atoms with E-state index in [1.165, 1.54) is 0 Å². The lowest BCUT2D eigenvalue weighted by Crippen LogP contribution is -2.27. The van der Waals surface area contributed by atoms with Crippen molar-refractivity contribution in [1.29, 1.82) is 0 Å². The van der Waals surface area contributed by atoms with Crippen LogP contribution in [0.5, 0.6) is 0 Å². The number of carbonyl (C=O) groups is 1. The molecule has 0 saturated carbocycles. The third-order valence-corrected chi connectivity index (χ3v) is 2.58. The van der Waals surface area contributed by atoms with Gasteiger partial charge in [-0.05, 0) is 12.1 Å². The summed E-state index contributed by atoms with van der Waals surface area (Å²) in [7, 11) is 0. The lowest BCUT2D eigenvalue weighted by atomic mass is 10.2. The number of nitrogens with two attached hydrogens (primary N) is 1. The molecular formula is C14H15N5O. The Morgan fingerprint density at radius 1 is 1.50 bits per heavy atom. The molecule has 0 aliphatic rings. The van der Waals surface area contributed by atoms with E-state index in [2.05, 4.69) is 32.1 Å². The van der Waals surface area contributed by atoms with Crippen LogP contribution in [0.3, 0.4) is 0 Å². The maximum Gasteiger partial charge on any atom is 0.271 e. The largest absolute Gasteiger partial charge is 0.350 e. The zero-order valence-electron chi connectivity index (χ0n) is 10.9. The Balaban J connectivity index is 1.98. The number of carbonyl (C=O) groups excluding carboxylic acids is 1. The molecule has 102 valence electrons. The van der Waals surface area contributed by atoms with Crippen LogP contribution >= 0.6 is 0 Å². The van der Waals surface area contributed by atoms with Crippen LogP contribution in [0, 0.1) is 11.8 Å². The number of pyridine rings is 1. The topological polar surface area (TPSA) is 96.7 Å². The normalized spacial score (nSPS) is 9.65. The Labute approximate surface area is 116 Å². The first kappa shape index (κ1) is 13.8. The van der Waals surface area contributed by atoms with Crippen LogP contribution in [0.15, 0.2) is 30.9 Å². The maximum atomic E-state index is 12.1. The average Bonchev–Trinajstić information content (AvgIpc) is 2.98. The summed E-state index contributed by atoms with van der Waals surface area (Å²) in [6, 6.07) is 3.49. The van der Waals surface area contributed by atoms with Gasteiger partial charge >= 0.3 is 0 Å². The number of hydrogen-bond acceptors (Lipinski definition) is 4. The minimum Gasteiger partial charge on any atom is -0.350 e. The fourth-order valence-electron chi connectivity index (χ4n) is 1.65. The van der Waals surface area contributed by atoms with Crippen molar-refractivity contribution in [3.8, 4) is 11.8 Å². The maximum absolute atomic E-state index is 12.1. The van der Waals surface area contributed by atoms with Crippen molar-refractivity contribution in [2.24, 2.45) is 5.73 Å². The summed E-state index contributed by atoms with van der Waals surface area (Å²) < 4.78 is 0. The zero-order chi connectivity index (χ0) is 14.2. The van der Waals surface area contributed by atoms with Gasteiger partial charge in [-0.25, -0.2) is 9.97 Å². The van der Waals surface area contributed by atoms with Crippen LogP contribution in [-0.4, -0.2) is 33.9 Å². The molecule has 0 spiro atoms. The molecule has 2 rings (SSSR count). The van der Waals surface area contributed by atoms with E-state index < -0.39 is 0 Å². The average molecular weight is 269 g/mol. The van der Waals surface area contributed by atoms with Crippen molar-refractivity contribution in [2.75, 3.05) is 13.1 Å². The van der Waals surface area contributed by atoms with Crippen LogP contribution in [0.25, 0.3) is 0 Å². The van der Waals surface area contributed by atoms with Gasteiger partial charge in [-0.1, -0.05) is 11.8 Å². The van der Waals surface area contributed by atoms with E-state index in [0.29, 0.717) is 24.2 Å². The first-order valence-electron chi connectivity index (χ1n) is 6.20. The molecule has 0 aromatic carbocycles. The Morgan fingerprint density at radius 2 is 2.40 bits per heavy atom. The lowest BCUT2D eigenvalue weighted by molar-refractivity contribution is 0.0949. The Bertz CT molecular complexity index is 625. The second-order valence-corrected chi connectivity index (χ2v) is 3.99. The number of nitrogens with one attached hydrogen (secondary N) is 2. The fraction of sp³-hybridized carbons (Fsp3) is 0.214. The van der Waals surface area contributed by atoms with Gasteiger partial charge in [-0.15, -0.1) is 0 Å². The van der Waals surface area contributed by atoms with Crippen molar-refractivity contribution >= 4 is 5.91 Å². The number of H-pyrrole nitrogens is 1. The van der Waals surface area contributed by atoms with Crippen LogP contribution in [-0.2, 0) is 6.42 Å². The van der Waals surface area contributed by atoms with Gasteiger partial charge in [0.15, 0.2) is 0 Å². The summed E-state index contributed by atoms with van der Waals surface area (Å²) >= 11 is 0. The zero-order valence-corrected chi connectivity index (χ0v) is 10.9. The fourth-order valence-corrected chi connectivity index (χ4v) is 1.65. The van der Waals surface area contributed by atoms with E-state index in [4.69, 9.17) is 5.73 Å². The van der Waals surface area contributed by atoms with Crippen molar-refractivity contribution < 1.29 is 4.79 Å². The number of amides is 1. The highest BCUT2D eigenvalue weighted by atomic mass is 16.1. The second-order valence-electron chi connectivity index (χ2n) is 3.99. The summed E-state index contributed by atoms with van der Waals surface area (Å²) in [5.74, 6) is 5.32. The van der Waals surface area contributed by atoms with Crippen molar-refractivity contribution in [3.63, 3.8) is 0 Å². The van der Waals surface area contributed by atoms with Crippen molar-refractivity contribution in [2.45, 2.75) is 6.42 Å². The SMILES string of the molecule is NCC#Cc1cccnc1C(=O)NCCc1cnc[nH]1. The highest BCUT2D eigenvalue weighted by Crippen LogP contribution is 2.03. The predicted molar refractivity (Wildman–Crippen MR) is 74.8 cm³/mol. The van der Waals surface area contributed by atoms with Crippen LogP contribution in [0.1, 0.15) is 21.7 Å². The third-order valence-electron chi connectivity index (χ3n) is 2.58. The van der Waals surface area contributed by atoms with Crippen LogP contribution < -0.4 is 11.1 Å². The Kier molecular flexibility index (Phi) is 4.87. The smallest absolute Gasteiger partial charge is 0.271 e. The number of hydrogen-bond donors (Lipinski definition) is 3. The molecule has 0 aliphatic heterocycles. The van der Waals surface area contributed by atoms with E-state index in [-0.39, 0.29) is 12.5 Å². The second kappa shape index (κ2) is 7.07. The van der Waals surface area contributed by atoms with Gasteiger partial charge in [-0.3, -0.25) is 4.79 Å². The first-order valence-corrected chi connectivity index (χ1v) is 6.20. The summed E-state index contributed by atoms with van der Waals surface area (Å²) in [6.45, 7) is 0.747.